The van der Waals surface area contributed by atoms with Crippen molar-refractivity contribution in [2.45, 2.75) is 20.0 Å². The zero-order valence-electron chi connectivity index (χ0n) is 14.5. The molecule has 27 heavy (non-hydrogen) atoms. The molecule has 0 saturated heterocycles. The molecule has 0 radical (unpaired) electrons. The number of amides is 1. The molecule has 2 aromatic heterocycles. The number of halogens is 2. The third-order valence-electron chi connectivity index (χ3n) is 3.81. The molecular formula is C19H17F2N3O3. The van der Waals surface area contributed by atoms with Crippen molar-refractivity contribution in [3.63, 3.8) is 0 Å². The monoisotopic (exact) mass is 373 g/mol. The first kappa shape index (κ1) is 18.5. The molecule has 3 rings (SSSR count). The maximum Gasteiger partial charge on any atom is 0.255 e. The molecule has 0 bridgehead atoms. The minimum atomic E-state index is -2.60. The second-order valence-corrected chi connectivity index (χ2v) is 5.71. The van der Waals surface area contributed by atoms with Crippen LogP contribution in [0, 0.1) is 6.92 Å². The third kappa shape index (κ3) is 4.66. The average Bonchev–Trinajstić information content (AvgIpc) is 3.06. The Morgan fingerprint density at radius 2 is 2.00 bits per heavy atom. The van der Waals surface area contributed by atoms with Gasteiger partial charge in [0.2, 0.25) is 5.88 Å². The lowest BCUT2D eigenvalue weighted by molar-refractivity contribution is 0.0891. The number of carbonyl (C=O) groups excluding carboxylic acids is 1. The molecule has 140 valence electrons. The van der Waals surface area contributed by atoms with Crippen LogP contribution in [-0.2, 0) is 6.61 Å². The van der Waals surface area contributed by atoms with Crippen LogP contribution in [0.15, 0.2) is 53.2 Å². The van der Waals surface area contributed by atoms with Gasteiger partial charge in [-0.05, 0) is 13.0 Å². The molecule has 3 aromatic rings. The minimum absolute atomic E-state index is 0.175. The Kier molecular flexibility index (Phi) is 5.75. The SMILES string of the molecule is Cc1onc(-c2ccccc2)c1COc1ccc(C(=O)NCC(F)F)cn1. The molecule has 6 nitrogen and oxygen atoms in total. The number of aryl methyl sites for hydroxylation is 1. The van der Waals surface area contributed by atoms with E-state index in [9.17, 15) is 13.6 Å². The van der Waals surface area contributed by atoms with Crippen LogP contribution in [0.25, 0.3) is 11.3 Å². The van der Waals surface area contributed by atoms with Crippen LogP contribution in [-0.4, -0.2) is 29.0 Å². The maximum absolute atomic E-state index is 12.1. The normalized spacial score (nSPS) is 10.8. The predicted octanol–water partition coefficient (Wildman–Crippen LogP) is 3.62. The lowest BCUT2D eigenvalue weighted by atomic mass is 10.1. The van der Waals surface area contributed by atoms with Crippen molar-refractivity contribution >= 4 is 5.91 Å². The highest BCUT2D eigenvalue weighted by atomic mass is 19.3. The van der Waals surface area contributed by atoms with Gasteiger partial charge < -0.3 is 14.6 Å². The van der Waals surface area contributed by atoms with Crippen LogP contribution in [0.3, 0.4) is 0 Å². The molecule has 0 saturated carbocycles. The maximum atomic E-state index is 12.1. The first-order chi connectivity index (χ1) is 13.0. The molecule has 1 N–H and O–H groups in total. The van der Waals surface area contributed by atoms with E-state index in [1.807, 2.05) is 30.3 Å². The summed E-state index contributed by atoms with van der Waals surface area (Å²) in [7, 11) is 0. The number of hydrogen-bond acceptors (Lipinski definition) is 5. The van der Waals surface area contributed by atoms with Crippen molar-refractivity contribution in [3.8, 4) is 17.1 Å². The molecule has 0 atom stereocenters. The molecule has 2 heterocycles. The van der Waals surface area contributed by atoms with E-state index >= 15 is 0 Å². The number of nitrogens with zero attached hydrogens (tertiary/aromatic N) is 2. The smallest absolute Gasteiger partial charge is 0.255 e. The van der Waals surface area contributed by atoms with E-state index in [1.54, 1.807) is 6.92 Å². The second-order valence-electron chi connectivity index (χ2n) is 5.71. The zero-order chi connectivity index (χ0) is 19.2. The molecule has 0 aliphatic heterocycles. The summed E-state index contributed by atoms with van der Waals surface area (Å²) in [5.41, 5.74) is 2.57. The average molecular weight is 373 g/mol. The van der Waals surface area contributed by atoms with Gasteiger partial charge in [0.15, 0.2) is 0 Å². The van der Waals surface area contributed by atoms with Gasteiger partial charge >= 0.3 is 0 Å². The van der Waals surface area contributed by atoms with E-state index in [2.05, 4.69) is 15.5 Å². The highest BCUT2D eigenvalue weighted by Crippen LogP contribution is 2.26. The lowest BCUT2D eigenvalue weighted by Crippen LogP contribution is -2.28. The van der Waals surface area contributed by atoms with E-state index < -0.39 is 18.9 Å². The van der Waals surface area contributed by atoms with Gasteiger partial charge in [0.1, 0.15) is 18.1 Å². The number of nitrogens with one attached hydrogen (secondary N) is 1. The summed E-state index contributed by atoms with van der Waals surface area (Å²) >= 11 is 0. The number of aromatic nitrogens is 2. The molecule has 0 aliphatic carbocycles. The Bertz CT molecular complexity index is 896. The van der Waals surface area contributed by atoms with Gasteiger partial charge in [0.05, 0.1) is 17.7 Å². The lowest BCUT2D eigenvalue weighted by Gasteiger charge is -2.07. The Morgan fingerprint density at radius 3 is 2.67 bits per heavy atom. The Balaban J connectivity index is 1.66. The van der Waals surface area contributed by atoms with Gasteiger partial charge in [-0.2, -0.15) is 0 Å². The summed E-state index contributed by atoms with van der Waals surface area (Å²) in [4.78, 5) is 15.7. The number of hydrogen-bond donors (Lipinski definition) is 1. The molecule has 8 heteroatoms. The van der Waals surface area contributed by atoms with Crippen molar-refractivity contribution < 1.29 is 22.8 Å². The van der Waals surface area contributed by atoms with Crippen molar-refractivity contribution in [2.75, 3.05) is 6.54 Å². The quantitative estimate of drug-likeness (QED) is 0.684. The van der Waals surface area contributed by atoms with Gasteiger partial charge in [-0.15, -0.1) is 0 Å². The van der Waals surface area contributed by atoms with Crippen molar-refractivity contribution in [1.29, 1.82) is 0 Å². The summed E-state index contributed by atoms with van der Waals surface area (Å²) in [6.45, 7) is 1.28. The fourth-order valence-corrected chi connectivity index (χ4v) is 2.40. The fourth-order valence-electron chi connectivity index (χ4n) is 2.40. The first-order valence-electron chi connectivity index (χ1n) is 8.20. The Hall–Kier alpha value is -3.29. The number of benzene rings is 1. The molecule has 0 unspecified atom stereocenters. The second kappa shape index (κ2) is 8.39. The van der Waals surface area contributed by atoms with Gasteiger partial charge in [-0.25, -0.2) is 13.8 Å². The van der Waals surface area contributed by atoms with Crippen molar-refractivity contribution in [2.24, 2.45) is 0 Å². The number of carbonyl (C=O) groups is 1. The topological polar surface area (TPSA) is 77.2 Å². The number of ether oxygens (including phenoxy) is 1. The van der Waals surface area contributed by atoms with Gasteiger partial charge in [0, 0.05) is 17.8 Å². The van der Waals surface area contributed by atoms with Crippen LogP contribution in [0.1, 0.15) is 21.7 Å². The summed E-state index contributed by atoms with van der Waals surface area (Å²) in [5, 5.41) is 6.20. The Labute approximate surface area is 154 Å². The predicted molar refractivity (Wildman–Crippen MR) is 93.6 cm³/mol. The first-order valence-corrected chi connectivity index (χ1v) is 8.20. The number of pyridine rings is 1. The van der Waals surface area contributed by atoms with Crippen molar-refractivity contribution in [3.05, 3.63) is 65.5 Å². The molecule has 0 spiro atoms. The molecular weight excluding hydrogens is 356 g/mol. The van der Waals surface area contributed by atoms with Crippen LogP contribution in [0.5, 0.6) is 5.88 Å². The van der Waals surface area contributed by atoms with Crippen LogP contribution in [0.4, 0.5) is 8.78 Å². The molecule has 1 amide bonds. The summed E-state index contributed by atoms with van der Waals surface area (Å²) in [5.74, 6) is 0.312. The van der Waals surface area contributed by atoms with Gasteiger partial charge in [0.25, 0.3) is 12.3 Å². The van der Waals surface area contributed by atoms with E-state index in [4.69, 9.17) is 9.26 Å². The third-order valence-corrected chi connectivity index (χ3v) is 3.81. The number of rotatable bonds is 7. The zero-order valence-corrected chi connectivity index (χ0v) is 14.5. The van der Waals surface area contributed by atoms with Gasteiger partial charge in [-0.1, -0.05) is 35.5 Å². The highest BCUT2D eigenvalue weighted by Gasteiger charge is 2.16. The molecule has 0 aliphatic rings. The van der Waals surface area contributed by atoms with Gasteiger partial charge in [-0.3, -0.25) is 4.79 Å². The molecule has 0 fully saturated rings. The summed E-state index contributed by atoms with van der Waals surface area (Å²) < 4.78 is 35.2. The van der Waals surface area contributed by atoms with E-state index in [0.29, 0.717) is 17.3 Å². The summed E-state index contributed by atoms with van der Waals surface area (Å²) in [6.07, 6.45) is -1.33. The number of alkyl halides is 2. The van der Waals surface area contributed by atoms with E-state index in [0.717, 1.165) is 11.1 Å². The molecule has 1 aromatic carbocycles. The summed E-state index contributed by atoms with van der Waals surface area (Å²) in [6, 6.07) is 12.5. The van der Waals surface area contributed by atoms with E-state index in [-0.39, 0.29) is 12.2 Å². The van der Waals surface area contributed by atoms with Crippen LogP contribution in [0.2, 0.25) is 0 Å². The van der Waals surface area contributed by atoms with Crippen molar-refractivity contribution in [1.82, 2.24) is 15.5 Å². The largest absolute Gasteiger partial charge is 0.473 e. The highest BCUT2D eigenvalue weighted by molar-refractivity contribution is 5.93. The van der Waals surface area contributed by atoms with Crippen LogP contribution < -0.4 is 10.1 Å². The van der Waals surface area contributed by atoms with E-state index in [1.165, 1.54) is 18.3 Å². The van der Waals surface area contributed by atoms with Crippen LogP contribution >= 0.6 is 0 Å². The Morgan fingerprint density at radius 1 is 1.22 bits per heavy atom. The standard InChI is InChI=1S/C19H17F2N3O3/c1-12-15(18(24-27-12)13-5-3-2-4-6-13)11-26-17-8-7-14(9-22-17)19(25)23-10-16(20)21/h2-9,16H,10-11H2,1H3,(H,23,25). The fraction of sp³-hybridized carbons (Fsp3) is 0.211. The minimum Gasteiger partial charge on any atom is -0.473 e.